The van der Waals surface area contributed by atoms with Crippen LogP contribution in [0.25, 0.3) is 10.9 Å². The van der Waals surface area contributed by atoms with Crippen LogP contribution in [-0.4, -0.2) is 40.3 Å². The van der Waals surface area contributed by atoms with Gasteiger partial charge in [-0.1, -0.05) is 12.1 Å². The molecule has 9 heteroatoms. The zero-order valence-corrected chi connectivity index (χ0v) is 15.8. The second kappa shape index (κ2) is 7.40. The zero-order valence-electron chi connectivity index (χ0n) is 15.8. The largest absolute Gasteiger partial charge is 0.416 e. The van der Waals surface area contributed by atoms with Crippen molar-refractivity contribution in [1.82, 2.24) is 14.9 Å². The number of pyridine rings is 2. The molecule has 2 atom stereocenters. The van der Waals surface area contributed by atoms with Gasteiger partial charge in [-0.05, 0) is 29.8 Å². The van der Waals surface area contributed by atoms with Crippen molar-refractivity contribution >= 4 is 28.4 Å². The number of hydrogen-bond acceptors (Lipinski definition) is 4. The van der Waals surface area contributed by atoms with E-state index in [9.17, 15) is 22.8 Å². The number of amides is 2. The van der Waals surface area contributed by atoms with E-state index in [0.717, 1.165) is 17.5 Å². The molecule has 4 rings (SSSR count). The van der Waals surface area contributed by atoms with E-state index in [1.54, 1.807) is 31.6 Å². The van der Waals surface area contributed by atoms with Gasteiger partial charge < -0.3 is 10.2 Å². The van der Waals surface area contributed by atoms with Crippen LogP contribution in [-0.2, 0) is 15.8 Å². The second-order valence-corrected chi connectivity index (χ2v) is 7.17. The lowest BCUT2D eigenvalue weighted by Crippen LogP contribution is -2.32. The Bertz CT molecular complexity index is 1110. The van der Waals surface area contributed by atoms with Crippen LogP contribution in [0.5, 0.6) is 0 Å². The number of hydrogen-bond donors (Lipinski definition) is 1. The number of anilines is 1. The maximum atomic E-state index is 13.0. The quantitative estimate of drug-likeness (QED) is 0.666. The van der Waals surface area contributed by atoms with Gasteiger partial charge in [-0.15, -0.1) is 0 Å². The average molecular weight is 414 g/mol. The molecule has 0 radical (unpaired) electrons. The first kappa shape index (κ1) is 19.8. The monoisotopic (exact) mass is 414 g/mol. The number of fused-ring (bicyclic) bond motifs is 1. The molecule has 0 unspecified atom stereocenters. The van der Waals surface area contributed by atoms with Gasteiger partial charge in [0.1, 0.15) is 5.92 Å². The lowest BCUT2D eigenvalue weighted by Gasteiger charge is -2.18. The minimum atomic E-state index is -4.45. The van der Waals surface area contributed by atoms with Gasteiger partial charge in [0.2, 0.25) is 11.8 Å². The molecular formula is C21H17F3N4O2. The first-order chi connectivity index (χ1) is 14.3. The maximum absolute atomic E-state index is 13.0. The van der Waals surface area contributed by atoms with Crippen LogP contribution in [0.3, 0.4) is 0 Å². The van der Waals surface area contributed by atoms with Crippen LogP contribution in [0.2, 0.25) is 0 Å². The normalized spacial score (nSPS) is 19.3. The van der Waals surface area contributed by atoms with Gasteiger partial charge in [0.05, 0.1) is 23.0 Å². The van der Waals surface area contributed by atoms with Crippen molar-refractivity contribution in [2.45, 2.75) is 12.1 Å². The van der Waals surface area contributed by atoms with Crippen LogP contribution in [0.15, 0.2) is 55.0 Å². The molecule has 6 nitrogen and oxygen atoms in total. The van der Waals surface area contributed by atoms with Crippen LogP contribution in [0.4, 0.5) is 18.9 Å². The van der Waals surface area contributed by atoms with Crippen LogP contribution >= 0.6 is 0 Å². The molecule has 0 saturated carbocycles. The number of halogens is 3. The highest BCUT2D eigenvalue weighted by molar-refractivity contribution is 6.10. The maximum Gasteiger partial charge on any atom is 0.416 e. The summed E-state index contributed by atoms with van der Waals surface area (Å²) in [4.78, 5) is 35.4. The molecule has 154 valence electrons. The molecule has 1 aliphatic heterocycles. The van der Waals surface area contributed by atoms with E-state index in [1.165, 1.54) is 23.2 Å². The van der Waals surface area contributed by atoms with E-state index in [0.29, 0.717) is 16.8 Å². The Labute approximate surface area is 169 Å². The van der Waals surface area contributed by atoms with Gasteiger partial charge in [-0.3, -0.25) is 19.6 Å². The van der Waals surface area contributed by atoms with E-state index in [4.69, 9.17) is 0 Å². The van der Waals surface area contributed by atoms with Crippen molar-refractivity contribution in [3.63, 3.8) is 0 Å². The molecule has 0 aliphatic carbocycles. The van der Waals surface area contributed by atoms with E-state index in [-0.39, 0.29) is 6.54 Å². The number of likely N-dealkylation sites (N-methyl/N-ethyl adjacent to an activating group) is 1. The predicted octanol–water partition coefficient (Wildman–Crippen LogP) is 3.46. The zero-order chi connectivity index (χ0) is 21.5. The molecule has 1 saturated heterocycles. The first-order valence-electron chi connectivity index (χ1n) is 9.17. The third-order valence-electron chi connectivity index (χ3n) is 5.23. The van der Waals surface area contributed by atoms with Gasteiger partial charge in [-0.25, -0.2) is 0 Å². The average Bonchev–Trinajstić information content (AvgIpc) is 3.02. The van der Waals surface area contributed by atoms with E-state index in [1.807, 2.05) is 0 Å². The third kappa shape index (κ3) is 3.58. The summed E-state index contributed by atoms with van der Waals surface area (Å²) in [6, 6.07) is 8.11. The minimum absolute atomic E-state index is 0.230. The number of alkyl halides is 3. The SMILES string of the molecule is CN1C[C@H](c2ccc(C(F)(F)F)cc2)[C@@H](C(=O)Nc2cncc3cccnc23)C1=O. The highest BCUT2D eigenvalue weighted by Crippen LogP contribution is 2.36. The number of carbonyl (C=O) groups is 2. The molecular weight excluding hydrogens is 397 g/mol. The lowest BCUT2D eigenvalue weighted by atomic mass is 9.87. The highest BCUT2D eigenvalue weighted by atomic mass is 19.4. The smallest absolute Gasteiger partial charge is 0.344 e. The van der Waals surface area contributed by atoms with Crippen molar-refractivity contribution < 1.29 is 22.8 Å². The Hall–Kier alpha value is -3.49. The highest BCUT2D eigenvalue weighted by Gasteiger charge is 2.44. The lowest BCUT2D eigenvalue weighted by molar-refractivity contribution is -0.138. The topological polar surface area (TPSA) is 75.2 Å². The van der Waals surface area contributed by atoms with Gasteiger partial charge in [0.25, 0.3) is 0 Å². The first-order valence-corrected chi connectivity index (χ1v) is 9.17. The van der Waals surface area contributed by atoms with Crippen LogP contribution in [0, 0.1) is 5.92 Å². The van der Waals surface area contributed by atoms with Gasteiger partial charge in [0.15, 0.2) is 0 Å². The van der Waals surface area contributed by atoms with E-state index < -0.39 is 35.4 Å². The summed E-state index contributed by atoms with van der Waals surface area (Å²) in [5.74, 6) is -2.57. The molecule has 0 spiro atoms. The van der Waals surface area contributed by atoms with Crippen molar-refractivity contribution in [2.24, 2.45) is 5.92 Å². The summed E-state index contributed by atoms with van der Waals surface area (Å²) >= 11 is 0. The molecule has 2 aromatic heterocycles. The van der Waals surface area contributed by atoms with Crippen molar-refractivity contribution in [3.05, 3.63) is 66.1 Å². The Kier molecular flexibility index (Phi) is 4.89. The summed E-state index contributed by atoms with van der Waals surface area (Å²) in [6.45, 7) is 0.230. The fourth-order valence-electron chi connectivity index (χ4n) is 3.71. The van der Waals surface area contributed by atoms with E-state index >= 15 is 0 Å². The second-order valence-electron chi connectivity index (χ2n) is 7.17. The molecule has 2 amide bonds. The molecule has 3 heterocycles. The molecule has 0 bridgehead atoms. The van der Waals surface area contributed by atoms with E-state index in [2.05, 4.69) is 15.3 Å². The Balaban J connectivity index is 1.63. The molecule has 1 aliphatic rings. The summed E-state index contributed by atoms with van der Waals surface area (Å²) in [5, 5.41) is 3.45. The third-order valence-corrected chi connectivity index (χ3v) is 5.23. The number of aromatic nitrogens is 2. The Morgan fingerprint density at radius 3 is 2.60 bits per heavy atom. The van der Waals surface area contributed by atoms with Gasteiger partial charge in [-0.2, -0.15) is 13.2 Å². The number of rotatable bonds is 3. The fourth-order valence-corrected chi connectivity index (χ4v) is 3.71. The van der Waals surface area contributed by atoms with Crippen molar-refractivity contribution in [2.75, 3.05) is 18.9 Å². The molecule has 30 heavy (non-hydrogen) atoms. The van der Waals surface area contributed by atoms with Crippen LogP contribution in [0.1, 0.15) is 17.0 Å². The molecule has 1 fully saturated rings. The summed E-state index contributed by atoms with van der Waals surface area (Å²) in [7, 11) is 1.56. The number of carbonyl (C=O) groups excluding carboxylic acids is 2. The molecule has 1 N–H and O–H groups in total. The Morgan fingerprint density at radius 1 is 1.17 bits per heavy atom. The fraction of sp³-hybridized carbons (Fsp3) is 0.238. The number of nitrogens with one attached hydrogen (secondary N) is 1. The summed E-state index contributed by atoms with van der Waals surface area (Å²) in [6.07, 6.45) is 0.185. The van der Waals surface area contributed by atoms with Gasteiger partial charge in [0, 0.05) is 37.3 Å². The van der Waals surface area contributed by atoms with Crippen LogP contribution < -0.4 is 5.32 Å². The molecule has 1 aromatic carbocycles. The van der Waals surface area contributed by atoms with Crippen molar-refractivity contribution in [1.29, 1.82) is 0 Å². The molecule has 3 aromatic rings. The summed E-state index contributed by atoms with van der Waals surface area (Å²) < 4.78 is 38.6. The number of benzene rings is 1. The number of likely N-dealkylation sites (tertiary alicyclic amines) is 1. The number of nitrogens with zero attached hydrogens (tertiary/aromatic N) is 3. The minimum Gasteiger partial charge on any atom is -0.344 e. The van der Waals surface area contributed by atoms with Gasteiger partial charge >= 0.3 is 6.18 Å². The Morgan fingerprint density at radius 2 is 1.90 bits per heavy atom. The predicted molar refractivity (Wildman–Crippen MR) is 103 cm³/mol. The standard InChI is InChI=1S/C21H17F3N4O2/c1-28-11-15(12-4-6-14(7-5-12)21(22,23)24)17(20(28)30)19(29)27-16-10-25-9-13-3-2-8-26-18(13)16/h2-10,15,17H,11H2,1H3,(H,27,29)/t15-,17+/m1/s1. The van der Waals surface area contributed by atoms with Crippen molar-refractivity contribution in [3.8, 4) is 0 Å². The summed E-state index contributed by atoms with van der Waals surface area (Å²) in [5.41, 5.74) is 0.616.